The van der Waals surface area contributed by atoms with Gasteiger partial charge in [-0.25, -0.2) is 15.0 Å². The molecular weight excluding hydrogens is 462 g/mol. The number of piperidine rings is 1. The lowest BCUT2D eigenvalue weighted by atomic mass is 10.1. The summed E-state index contributed by atoms with van der Waals surface area (Å²) in [6.07, 6.45) is 4.90. The number of pyridine rings is 1. The smallest absolute Gasteiger partial charge is 0.227 e. The van der Waals surface area contributed by atoms with E-state index in [0.29, 0.717) is 11.8 Å². The van der Waals surface area contributed by atoms with Gasteiger partial charge in [-0.2, -0.15) is 0 Å². The van der Waals surface area contributed by atoms with E-state index in [0.717, 1.165) is 64.4 Å². The fraction of sp³-hybridized carbons (Fsp3) is 0.346. The summed E-state index contributed by atoms with van der Waals surface area (Å²) in [5, 5.41) is 15.3. The first-order chi connectivity index (χ1) is 17.0. The number of rotatable bonds is 7. The Hall–Kier alpha value is -3.43. The Labute approximate surface area is 208 Å². The van der Waals surface area contributed by atoms with Gasteiger partial charge >= 0.3 is 0 Å². The molecule has 1 saturated heterocycles. The van der Waals surface area contributed by atoms with Crippen LogP contribution in [0, 0.1) is 0 Å². The molecule has 0 unspecified atom stereocenters. The molecule has 9 heteroatoms. The number of benzene rings is 1. The molecular formula is C26H29N5O3S. The maximum absolute atomic E-state index is 9.85. The van der Waals surface area contributed by atoms with Gasteiger partial charge in [0.05, 0.1) is 41.4 Å². The van der Waals surface area contributed by atoms with Crippen LogP contribution < -0.4 is 19.7 Å². The molecule has 0 spiro atoms. The number of thiophene rings is 1. The second-order valence-corrected chi connectivity index (χ2v) is 9.72. The standard InChI is InChI=1S/C26H29N5O3S/c1-16(2)34-22-13-17(31-11-8-18(32)9-12-31)6-7-21(22)29-26-28-14-23-24(30-26)20(15-35-23)19-5-4-10-27-25(19)33-3/h4-7,10,13-16,18,32H,8-9,11-12H2,1-3H3,(H,28,29,30). The minimum Gasteiger partial charge on any atom is -0.489 e. The zero-order valence-corrected chi connectivity index (χ0v) is 20.9. The third-order valence-corrected chi connectivity index (χ3v) is 6.88. The number of hydrogen-bond donors (Lipinski definition) is 2. The molecule has 0 atom stereocenters. The number of aromatic nitrogens is 3. The van der Waals surface area contributed by atoms with Crippen LogP contribution in [0.1, 0.15) is 26.7 Å². The predicted molar refractivity (Wildman–Crippen MR) is 140 cm³/mol. The van der Waals surface area contributed by atoms with Crippen molar-refractivity contribution in [3.8, 4) is 22.8 Å². The summed E-state index contributed by atoms with van der Waals surface area (Å²) in [5.74, 6) is 1.79. The fourth-order valence-electron chi connectivity index (χ4n) is 4.24. The number of aliphatic hydroxyl groups is 1. The van der Waals surface area contributed by atoms with E-state index in [1.165, 1.54) is 0 Å². The molecule has 1 aliphatic heterocycles. The molecule has 0 radical (unpaired) electrons. The molecule has 5 rings (SSSR count). The van der Waals surface area contributed by atoms with Crippen LogP contribution in [-0.2, 0) is 0 Å². The summed E-state index contributed by atoms with van der Waals surface area (Å²) in [4.78, 5) is 16.0. The van der Waals surface area contributed by atoms with E-state index in [-0.39, 0.29) is 12.2 Å². The molecule has 1 aliphatic rings. The van der Waals surface area contributed by atoms with E-state index in [2.05, 4.69) is 37.7 Å². The van der Waals surface area contributed by atoms with Gasteiger partial charge in [0.2, 0.25) is 11.8 Å². The van der Waals surface area contributed by atoms with E-state index >= 15 is 0 Å². The van der Waals surface area contributed by atoms with E-state index in [1.54, 1.807) is 24.6 Å². The monoisotopic (exact) mass is 491 g/mol. The number of methoxy groups -OCH3 is 1. The molecule has 0 bridgehead atoms. The van der Waals surface area contributed by atoms with Crippen molar-refractivity contribution in [3.63, 3.8) is 0 Å². The van der Waals surface area contributed by atoms with Gasteiger partial charge in [0.15, 0.2) is 0 Å². The van der Waals surface area contributed by atoms with Crippen LogP contribution in [0.15, 0.2) is 48.1 Å². The highest BCUT2D eigenvalue weighted by Crippen LogP contribution is 2.38. The van der Waals surface area contributed by atoms with Crippen LogP contribution in [0.5, 0.6) is 11.6 Å². The lowest BCUT2D eigenvalue weighted by Crippen LogP contribution is -2.35. The van der Waals surface area contributed by atoms with Crippen LogP contribution in [-0.4, -0.2) is 52.5 Å². The zero-order chi connectivity index (χ0) is 24.4. The quantitative estimate of drug-likeness (QED) is 0.362. The maximum atomic E-state index is 9.85. The molecule has 3 aromatic heterocycles. The summed E-state index contributed by atoms with van der Waals surface area (Å²) in [7, 11) is 1.62. The minimum absolute atomic E-state index is 0.0129. The van der Waals surface area contributed by atoms with Gasteiger partial charge in [0.1, 0.15) is 5.75 Å². The second-order valence-electron chi connectivity index (χ2n) is 8.81. The normalized spacial score (nSPS) is 14.5. The summed E-state index contributed by atoms with van der Waals surface area (Å²) in [6.45, 7) is 5.67. The third-order valence-electron chi connectivity index (χ3n) is 5.97. The zero-order valence-electron chi connectivity index (χ0n) is 20.1. The highest BCUT2D eigenvalue weighted by molar-refractivity contribution is 7.17. The predicted octanol–water partition coefficient (Wildman–Crippen LogP) is 5.25. The van der Waals surface area contributed by atoms with Crippen LogP contribution in [0.25, 0.3) is 21.3 Å². The van der Waals surface area contributed by atoms with Crippen molar-refractivity contribution in [1.29, 1.82) is 0 Å². The van der Waals surface area contributed by atoms with Crippen LogP contribution in [0.4, 0.5) is 17.3 Å². The molecule has 8 nitrogen and oxygen atoms in total. The largest absolute Gasteiger partial charge is 0.489 e. The lowest BCUT2D eigenvalue weighted by molar-refractivity contribution is 0.145. The van der Waals surface area contributed by atoms with E-state index in [9.17, 15) is 5.11 Å². The van der Waals surface area contributed by atoms with Crippen molar-refractivity contribution in [2.24, 2.45) is 0 Å². The molecule has 0 saturated carbocycles. The van der Waals surface area contributed by atoms with E-state index in [4.69, 9.17) is 14.5 Å². The summed E-state index contributed by atoms with van der Waals surface area (Å²) in [5.41, 5.74) is 4.58. The van der Waals surface area contributed by atoms with Gasteiger partial charge < -0.3 is 24.8 Å². The number of nitrogens with one attached hydrogen (secondary N) is 1. The highest BCUT2D eigenvalue weighted by atomic mass is 32.1. The lowest BCUT2D eigenvalue weighted by Gasteiger charge is -2.32. The Balaban J connectivity index is 1.47. The van der Waals surface area contributed by atoms with Crippen LogP contribution in [0.2, 0.25) is 0 Å². The first-order valence-electron chi connectivity index (χ1n) is 11.8. The molecule has 0 amide bonds. The summed E-state index contributed by atoms with van der Waals surface area (Å²) in [6, 6.07) is 10.00. The number of hydrogen-bond acceptors (Lipinski definition) is 9. The first kappa shape index (κ1) is 23.3. The van der Waals surface area contributed by atoms with Gasteiger partial charge in [-0.1, -0.05) is 0 Å². The van der Waals surface area contributed by atoms with Crippen molar-refractivity contribution < 1.29 is 14.6 Å². The van der Waals surface area contributed by atoms with Crippen molar-refractivity contribution in [2.75, 3.05) is 30.4 Å². The van der Waals surface area contributed by atoms with Gasteiger partial charge in [0, 0.05) is 47.5 Å². The highest BCUT2D eigenvalue weighted by Gasteiger charge is 2.20. The van der Waals surface area contributed by atoms with Crippen molar-refractivity contribution in [3.05, 3.63) is 48.1 Å². The van der Waals surface area contributed by atoms with Gasteiger partial charge in [0.25, 0.3) is 0 Å². The molecule has 1 aromatic carbocycles. The topological polar surface area (TPSA) is 92.6 Å². The molecule has 1 fully saturated rings. The number of anilines is 3. The molecule has 4 heterocycles. The summed E-state index contributed by atoms with van der Waals surface area (Å²) >= 11 is 1.59. The number of ether oxygens (including phenoxy) is 2. The van der Waals surface area contributed by atoms with Gasteiger partial charge in [-0.3, -0.25) is 0 Å². The van der Waals surface area contributed by atoms with Crippen LogP contribution >= 0.6 is 11.3 Å². The van der Waals surface area contributed by atoms with E-state index < -0.39 is 0 Å². The molecule has 2 N–H and O–H groups in total. The average Bonchev–Trinajstić information content (AvgIpc) is 3.28. The summed E-state index contributed by atoms with van der Waals surface area (Å²) < 4.78 is 12.6. The molecule has 4 aromatic rings. The van der Waals surface area contributed by atoms with Crippen molar-refractivity contribution in [1.82, 2.24) is 15.0 Å². The van der Waals surface area contributed by atoms with Crippen LogP contribution in [0.3, 0.4) is 0 Å². The molecule has 35 heavy (non-hydrogen) atoms. The average molecular weight is 492 g/mol. The Morgan fingerprint density at radius 3 is 2.74 bits per heavy atom. The first-order valence-corrected chi connectivity index (χ1v) is 12.6. The third kappa shape index (κ3) is 5.01. The number of nitrogens with zero attached hydrogens (tertiary/aromatic N) is 4. The second kappa shape index (κ2) is 10.1. The van der Waals surface area contributed by atoms with Crippen molar-refractivity contribution in [2.45, 2.75) is 38.9 Å². The Morgan fingerprint density at radius 2 is 1.97 bits per heavy atom. The maximum Gasteiger partial charge on any atom is 0.227 e. The Bertz CT molecular complexity index is 1320. The SMILES string of the molecule is COc1ncccc1-c1csc2cnc(Nc3ccc(N4CCC(O)CC4)cc3OC(C)C)nc12. The molecule has 182 valence electrons. The minimum atomic E-state index is -0.209. The number of aliphatic hydroxyl groups excluding tert-OH is 1. The Kier molecular flexibility index (Phi) is 6.70. The fourth-order valence-corrected chi connectivity index (χ4v) is 5.11. The number of fused-ring (bicyclic) bond motifs is 1. The van der Waals surface area contributed by atoms with E-state index in [1.807, 2.05) is 38.2 Å². The van der Waals surface area contributed by atoms with Crippen molar-refractivity contribution >= 4 is 38.9 Å². The molecule has 0 aliphatic carbocycles. The van der Waals surface area contributed by atoms with Gasteiger partial charge in [-0.15, -0.1) is 11.3 Å². The Morgan fingerprint density at radius 1 is 1.14 bits per heavy atom. The van der Waals surface area contributed by atoms with Gasteiger partial charge in [-0.05, 0) is 51.0 Å².